The van der Waals surface area contributed by atoms with E-state index in [1.165, 1.54) is 5.01 Å². The van der Waals surface area contributed by atoms with Crippen LogP contribution in [0.3, 0.4) is 0 Å². The second-order valence-electron chi connectivity index (χ2n) is 7.67. The lowest BCUT2D eigenvalue weighted by molar-refractivity contribution is -0.155. The van der Waals surface area contributed by atoms with Crippen molar-refractivity contribution in [1.29, 1.82) is 0 Å². The first kappa shape index (κ1) is 22.8. The van der Waals surface area contributed by atoms with Crippen LogP contribution in [0.5, 0.6) is 0 Å². The molecule has 2 aromatic rings. The topological polar surface area (TPSA) is 57.7 Å². The molecule has 0 spiro atoms. The number of rotatable bonds is 4. The Bertz CT molecular complexity index is 1010. The van der Waals surface area contributed by atoms with Crippen LogP contribution in [0, 0.1) is 11.8 Å². The first-order valence-corrected chi connectivity index (χ1v) is 12.3. The van der Waals surface area contributed by atoms with Gasteiger partial charge in [0, 0.05) is 14.7 Å². The number of carbonyl (C=O) groups excluding carboxylic acids is 3. The number of hydrogen-bond acceptors (Lipinski definition) is 3. The smallest absolute Gasteiger partial charge is 0.272 e. The van der Waals surface area contributed by atoms with Gasteiger partial charge in [0.15, 0.2) is 0 Å². The van der Waals surface area contributed by atoms with Gasteiger partial charge < -0.3 is 0 Å². The molecule has 1 heterocycles. The minimum absolute atomic E-state index is 0.0353. The van der Waals surface area contributed by atoms with Crippen molar-refractivity contribution in [2.75, 3.05) is 0 Å². The maximum absolute atomic E-state index is 13.5. The SMILES string of the molecule is O=C(c1ccccc1Cl)N(Cc1ccc(Cl)cc1)N1C(=O)[C@@H]2C[C@H](Br)[C@@H](Br)C[C@H]2C1=O. The van der Waals surface area contributed by atoms with Crippen LogP contribution in [0.25, 0.3) is 0 Å². The van der Waals surface area contributed by atoms with E-state index in [4.69, 9.17) is 23.2 Å². The standard InChI is InChI=1S/C22H18Br2Cl2N2O3/c23-17-9-15-16(10-18(17)24)22(31)28(21(15)30)27(11-12-5-7-13(25)8-6-12)20(29)14-3-1-2-4-19(14)26/h1-8,15-18H,9-11H2/t15-,16-,17+,18+/m1/s1. The molecule has 2 aliphatic rings. The average molecular weight is 589 g/mol. The lowest BCUT2D eigenvalue weighted by Gasteiger charge is -2.31. The summed E-state index contributed by atoms with van der Waals surface area (Å²) < 4.78 is 0. The van der Waals surface area contributed by atoms with Gasteiger partial charge in [-0.2, -0.15) is 5.01 Å². The molecule has 0 unspecified atom stereocenters. The van der Waals surface area contributed by atoms with Gasteiger partial charge >= 0.3 is 0 Å². The van der Waals surface area contributed by atoms with E-state index in [0.29, 0.717) is 17.9 Å². The highest BCUT2D eigenvalue weighted by Gasteiger charge is 2.54. The maximum atomic E-state index is 13.5. The van der Waals surface area contributed by atoms with Crippen LogP contribution in [0.2, 0.25) is 10.0 Å². The second-order valence-corrected chi connectivity index (χ2v) is 10.9. The zero-order chi connectivity index (χ0) is 22.3. The van der Waals surface area contributed by atoms with E-state index in [-0.39, 0.29) is 38.6 Å². The highest BCUT2D eigenvalue weighted by molar-refractivity contribution is 9.12. The number of alkyl halides is 2. The molecule has 1 aliphatic carbocycles. The molecule has 0 radical (unpaired) electrons. The Balaban J connectivity index is 1.72. The Morgan fingerprint density at radius 2 is 1.48 bits per heavy atom. The first-order chi connectivity index (χ1) is 14.8. The summed E-state index contributed by atoms with van der Waals surface area (Å²) in [5.41, 5.74) is 0.961. The monoisotopic (exact) mass is 586 g/mol. The fourth-order valence-corrected chi connectivity index (χ4v) is 5.67. The van der Waals surface area contributed by atoms with Crippen molar-refractivity contribution in [3.05, 3.63) is 69.7 Å². The highest BCUT2D eigenvalue weighted by atomic mass is 79.9. The van der Waals surface area contributed by atoms with Crippen LogP contribution in [-0.4, -0.2) is 37.4 Å². The zero-order valence-electron chi connectivity index (χ0n) is 16.2. The summed E-state index contributed by atoms with van der Waals surface area (Å²) >= 11 is 19.4. The Morgan fingerprint density at radius 3 is 2.03 bits per heavy atom. The van der Waals surface area contributed by atoms with Crippen molar-refractivity contribution < 1.29 is 14.4 Å². The third-order valence-electron chi connectivity index (χ3n) is 5.71. The summed E-state index contributed by atoms with van der Waals surface area (Å²) in [6.45, 7) is 0.0353. The van der Waals surface area contributed by atoms with E-state index in [1.807, 2.05) is 0 Å². The third-order valence-corrected chi connectivity index (χ3v) is 9.03. The molecule has 1 saturated carbocycles. The first-order valence-electron chi connectivity index (χ1n) is 9.74. The molecule has 2 fully saturated rings. The van der Waals surface area contributed by atoms with E-state index in [0.717, 1.165) is 10.6 Å². The van der Waals surface area contributed by atoms with Gasteiger partial charge in [-0.3, -0.25) is 14.4 Å². The number of amides is 3. The maximum Gasteiger partial charge on any atom is 0.274 e. The molecule has 9 heteroatoms. The van der Waals surface area contributed by atoms with Crippen molar-refractivity contribution in [2.24, 2.45) is 11.8 Å². The van der Waals surface area contributed by atoms with Crippen LogP contribution in [0.1, 0.15) is 28.8 Å². The van der Waals surface area contributed by atoms with Gasteiger partial charge in [0.2, 0.25) is 0 Å². The van der Waals surface area contributed by atoms with E-state index < -0.39 is 17.7 Å². The quantitative estimate of drug-likeness (QED) is 0.351. The van der Waals surface area contributed by atoms with Crippen molar-refractivity contribution in [1.82, 2.24) is 10.0 Å². The van der Waals surface area contributed by atoms with Crippen LogP contribution in [-0.2, 0) is 16.1 Å². The predicted molar refractivity (Wildman–Crippen MR) is 126 cm³/mol. The minimum Gasteiger partial charge on any atom is -0.272 e. The van der Waals surface area contributed by atoms with Gasteiger partial charge in [-0.1, -0.05) is 79.3 Å². The normalized spacial score (nSPS) is 25.5. The third kappa shape index (κ3) is 4.42. The number of imide groups is 1. The van der Waals surface area contributed by atoms with E-state index >= 15 is 0 Å². The van der Waals surface area contributed by atoms with Crippen LogP contribution in [0.15, 0.2) is 48.5 Å². The summed E-state index contributed by atoms with van der Waals surface area (Å²) in [6.07, 6.45) is 1.05. The van der Waals surface area contributed by atoms with Gasteiger partial charge in [0.05, 0.1) is 29.0 Å². The fourth-order valence-electron chi connectivity index (χ4n) is 4.09. The summed E-state index contributed by atoms with van der Waals surface area (Å²) in [4.78, 5) is 40.3. The molecule has 0 bridgehead atoms. The lowest BCUT2D eigenvalue weighted by Crippen LogP contribution is -2.49. The summed E-state index contributed by atoms with van der Waals surface area (Å²) in [6, 6.07) is 13.5. The number of halogens is 4. The Kier molecular flexibility index (Phi) is 6.77. The zero-order valence-corrected chi connectivity index (χ0v) is 20.9. The van der Waals surface area contributed by atoms with E-state index in [9.17, 15) is 14.4 Å². The van der Waals surface area contributed by atoms with Crippen LogP contribution in [0.4, 0.5) is 0 Å². The van der Waals surface area contributed by atoms with Gasteiger partial charge in [0.1, 0.15) is 0 Å². The Hall–Kier alpha value is -1.41. The number of hydrogen-bond donors (Lipinski definition) is 0. The molecule has 0 N–H and O–H groups in total. The molecule has 0 aromatic heterocycles. The highest BCUT2D eigenvalue weighted by Crippen LogP contribution is 2.44. The number of nitrogens with zero attached hydrogens (tertiary/aromatic N) is 2. The Labute approximate surface area is 206 Å². The predicted octanol–water partition coefficient (Wildman–Crippen LogP) is 5.47. The summed E-state index contributed by atoms with van der Waals surface area (Å²) in [5.74, 6) is -2.14. The molecule has 4 rings (SSSR count). The summed E-state index contributed by atoms with van der Waals surface area (Å²) in [7, 11) is 0. The molecule has 162 valence electrons. The lowest BCUT2D eigenvalue weighted by atomic mass is 9.81. The van der Waals surface area contributed by atoms with Gasteiger partial charge in [-0.15, -0.1) is 0 Å². The van der Waals surface area contributed by atoms with Gasteiger partial charge in [-0.05, 0) is 42.7 Å². The fraction of sp³-hybridized carbons (Fsp3) is 0.318. The molecular formula is C22H18Br2Cl2N2O3. The number of hydrazine groups is 1. The molecule has 2 aromatic carbocycles. The molecule has 31 heavy (non-hydrogen) atoms. The van der Waals surface area contributed by atoms with Gasteiger partial charge in [0.25, 0.3) is 17.7 Å². The Morgan fingerprint density at radius 1 is 0.935 bits per heavy atom. The molecule has 3 amide bonds. The van der Waals surface area contributed by atoms with Crippen LogP contribution >= 0.6 is 55.1 Å². The average Bonchev–Trinajstić information content (AvgIpc) is 2.98. The second kappa shape index (κ2) is 9.22. The number of carbonyl (C=O) groups is 3. The van der Waals surface area contributed by atoms with E-state index in [1.54, 1.807) is 48.5 Å². The van der Waals surface area contributed by atoms with Gasteiger partial charge in [-0.25, -0.2) is 5.01 Å². The minimum atomic E-state index is -0.508. The molecule has 1 saturated heterocycles. The molecular weight excluding hydrogens is 571 g/mol. The largest absolute Gasteiger partial charge is 0.274 e. The molecule has 5 nitrogen and oxygen atoms in total. The number of benzene rings is 2. The van der Waals surface area contributed by atoms with E-state index in [2.05, 4.69) is 31.9 Å². The van der Waals surface area contributed by atoms with Crippen LogP contribution < -0.4 is 0 Å². The van der Waals surface area contributed by atoms with Crippen molar-refractivity contribution in [2.45, 2.75) is 29.0 Å². The summed E-state index contributed by atoms with van der Waals surface area (Å²) in [5, 5.41) is 3.05. The molecule has 4 atom stereocenters. The van der Waals surface area contributed by atoms with Crippen molar-refractivity contribution in [3.8, 4) is 0 Å². The molecule has 1 aliphatic heterocycles. The number of fused-ring (bicyclic) bond motifs is 1. The van der Waals surface area contributed by atoms with Crippen molar-refractivity contribution in [3.63, 3.8) is 0 Å². The van der Waals surface area contributed by atoms with Crippen molar-refractivity contribution >= 4 is 72.8 Å².